The van der Waals surface area contributed by atoms with Gasteiger partial charge in [0.1, 0.15) is 5.82 Å². The van der Waals surface area contributed by atoms with Crippen molar-refractivity contribution >= 4 is 0 Å². The number of hydrogen-bond acceptors (Lipinski definition) is 2. The normalized spacial score (nSPS) is 16.1. The van der Waals surface area contributed by atoms with Crippen molar-refractivity contribution in [2.75, 3.05) is 0 Å². The molecule has 64 valence electrons. The van der Waals surface area contributed by atoms with Crippen LogP contribution < -0.4 is 4.74 Å². The molecule has 0 unspecified atom stereocenters. The fraction of sp³-hybridized carbons (Fsp3) is 0.333. The van der Waals surface area contributed by atoms with Gasteiger partial charge < -0.3 is 9.84 Å². The van der Waals surface area contributed by atoms with E-state index in [4.69, 9.17) is 4.74 Å². The standard InChI is InChI=1S/C9H9FO2/c10-6-1-4-8(11)9(5-6)12-7-2-3-7/h1,4-5,7,11H,2-3H2. The van der Waals surface area contributed by atoms with Gasteiger partial charge >= 0.3 is 0 Å². The molecule has 0 radical (unpaired) electrons. The summed E-state index contributed by atoms with van der Waals surface area (Å²) in [5.41, 5.74) is 0. The number of phenols is 1. The maximum absolute atomic E-state index is 12.6. The highest BCUT2D eigenvalue weighted by atomic mass is 19.1. The van der Waals surface area contributed by atoms with Crippen LogP contribution in [-0.2, 0) is 0 Å². The minimum absolute atomic E-state index is 0.00306. The third-order valence-corrected chi connectivity index (χ3v) is 1.74. The van der Waals surface area contributed by atoms with Gasteiger partial charge in [0.15, 0.2) is 11.5 Å². The Morgan fingerprint density at radius 1 is 1.42 bits per heavy atom. The molecule has 2 nitrogen and oxygen atoms in total. The Hall–Kier alpha value is -1.25. The highest BCUT2D eigenvalue weighted by Gasteiger charge is 2.24. The third kappa shape index (κ3) is 1.49. The van der Waals surface area contributed by atoms with Crippen molar-refractivity contribution < 1.29 is 14.2 Å². The molecule has 1 aliphatic carbocycles. The molecule has 0 heterocycles. The zero-order valence-corrected chi connectivity index (χ0v) is 6.46. The smallest absolute Gasteiger partial charge is 0.164 e. The highest BCUT2D eigenvalue weighted by Crippen LogP contribution is 2.32. The molecule has 0 aromatic heterocycles. The molecule has 12 heavy (non-hydrogen) atoms. The molecule has 1 fully saturated rings. The maximum Gasteiger partial charge on any atom is 0.164 e. The second kappa shape index (κ2) is 2.66. The Bertz CT molecular complexity index is 295. The number of phenolic OH excluding ortho intramolecular Hbond substituents is 1. The zero-order valence-electron chi connectivity index (χ0n) is 6.46. The SMILES string of the molecule is Oc1ccc(F)cc1OC1CC1. The molecule has 1 aromatic rings. The van der Waals surface area contributed by atoms with Crippen LogP contribution in [0.5, 0.6) is 11.5 Å². The first kappa shape index (κ1) is 7.40. The highest BCUT2D eigenvalue weighted by molar-refractivity contribution is 5.39. The van der Waals surface area contributed by atoms with Gasteiger partial charge in [-0.2, -0.15) is 0 Å². The molecule has 0 atom stereocenters. The minimum Gasteiger partial charge on any atom is -0.504 e. The van der Waals surface area contributed by atoms with Gasteiger partial charge in [0.2, 0.25) is 0 Å². The summed E-state index contributed by atoms with van der Waals surface area (Å²) in [6, 6.07) is 3.70. The van der Waals surface area contributed by atoms with E-state index < -0.39 is 0 Å². The average Bonchev–Trinajstić information content (AvgIpc) is 2.81. The lowest BCUT2D eigenvalue weighted by atomic mass is 10.3. The summed E-state index contributed by atoms with van der Waals surface area (Å²) in [5.74, 6) is -0.135. The monoisotopic (exact) mass is 168 g/mol. The van der Waals surface area contributed by atoms with Crippen molar-refractivity contribution in [3.63, 3.8) is 0 Å². The van der Waals surface area contributed by atoms with E-state index >= 15 is 0 Å². The van der Waals surface area contributed by atoms with E-state index in [1.165, 1.54) is 18.2 Å². The number of rotatable bonds is 2. The summed E-state index contributed by atoms with van der Waals surface area (Å²) in [7, 11) is 0. The van der Waals surface area contributed by atoms with Crippen LogP contribution in [0.1, 0.15) is 12.8 Å². The summed E-state index contributed by atoms with van der Waals surface area (Å²) in [6.45, 7) is 0. The van der Waals surface area contributed by atoms with Gasteiger partial charge in [0.25, 0.3) is 0 Å². The summed E-state index contributed by atoms with van der Waals surface area (Å²) in [4.78, 5) is 0. The van der Waals surface area contributed by atoms with Crippen LogP contribution >= 0.6 is 0 Å². The van der Waals surface area contributed by atoms with Crippen molar-refractivity contribution in [2.45, 2.75) is 18.9 Å². The fourth-order valence-corrected chi connectivity index (χ4v) is 0.948. The molecule has 1 aliphatic rings. The first-order valence-corrected chi connectivity index (χ1v) is 3.91. The van der Waals surface area contributed by atoms with Crippen LogP contribution in [0.2, 0.25) is 0 Å². The van der Waals surface area contributed by atoms with Gasteiger partial charge in [-0.05, 0) is 25.0 Å². The predicted molar refractivity (Wildman–Crippen MR) is 41.7 cm³/mol. The van der Waals surface area contributed by atoms with Crippen molar-refractivity contribution in [1.29, 1.82) is 0 Å². The minimum atomic E-state index is -0.386. The molecule has 0 spiro atoms. The lowest BCUT2D eigenvalue weighted by Crippen LogP contribution is -1.96. The Labute approximate surface area is 69.6 Å². The Balaban J connectivity index is 2.21. The van der Waals surface area contributed by atoms with Crippen LogP contribution in [0.15, 0.2) is 18.2 Å². The number of halogens is 1. The quantitative estimate of drug-likeness (QED) is 0.732. The summed E-state index contributed by atoms with van der Waals surface area (Å²) in [5, 5.41) is 9.22. The number of ether oxygens (including phenoxy) is 1. The van der Waals surface area contributed by atoms with E-state index in [0.29, 0.717) is 0 Å². The summed E-state index contributed by atoms with van der Waals surface area (Å²) >= 11 is 0. The molecule has 0 aliphatic heterocycles. The Kier molecular flexibility index (Phi) is 1.64. The van der Waals surface area contributed by atoms with Crippen LogP contribution in [0.4, 0.5) is 4.39 Å². The van der Waals surface area contributed by atoms with Crippen molar-refractivity contribution in [2.24, 2.45) is 0 Å². The van der Waals surface area contributed by atoms with E-state index in [1.54, 1.807) is 0 Å². The second-order valence-corrected chi connectivity index (χ2v) is 2.93. The van der Waals surface area contributed by atoms with Crippen molar-refractivity contribution in [1.82, 2.24) is 0 Å². The van der Waals surface area contributed by atoms with Crippen LogP contribution in [0.3, 0.4) is 0 Å². The van der Waals surface area contributed by atoms with Gasteiger partial charge in [-0.1, -0.05) is 0 Å². The molecule has 1 saturated carbocycles. The lowest BCUT2D eigenvalue weighted by molar-refractivity contribution is 0.284. The zero-order chi connectivity index (χ0) is 8.55. The van der Waals surface area contributed by atoms with E-state index in [9.17, 15) is 9.50 Å². The van der Waals surface area contributed by atoms with E-state index in [1.807, 2.05) is 0 Å². The molecule has 0 amide bonds. The van der Waals surface area contributed by atoms with Gasteiger partial charge in [-0.25, -0.2) is 4.39 Å². The first-order valence-electron chi connectivity index (χ1n) is 3.91. The second-order valence-electron chi connectivity index (χ2n) is 2.93. The molecule has 1 N–H and O–H groups in total. The Morgan fingerprint density at radius 3 is 2.83 bits per heavy atom. The Morgan fingerprint density at radius 2 is 2.17 bits per heavy atom. The van der Waals surface area contributed by atoms with Crippen LogP contribution in [-0.4, -0.2) is 11.2 Å². The van der Waals surface area contributed by atoms with E-state index in [2.05, 4.69) is 0 Å². The maximum atomic E-state index is 12.6. The molecule has 0 saturated heterocycles. The largest absolute Gasteiger partial charge is 0.504 e. The van der Waals surface area contributed by atoms with Crippen LogP contribution in [0, 0.1) is 5.82 Å². The summed E-state index contributed by atoms with van der Waals surface area (Å²) < 4.78 is 17.9. The fourth-order valence-electron chi connectivity index (χ4n) is 0.948. The molecular formula is C9H9FO2. The molecule has 1 aromatic carbocycles. The molecule has 0 bridgehead atoms. The van der Waals surface area contributed by atoms with E-state index in [0.717, 1.165) is 12.8 Å². The number of hydrogen-bond donors (Lipinski definition) is 1. The van der Waals surface area contributed by atoms with Gasteiger partial charge in [-0.15, -0.1) is 0 Å². The topological polar surface area (TPSA) is 29.5 Å². The van der Waals surface area contributed by atoms with Gasteiger partial charge in [0.05, 0.1) is 6.10 Å². The van der Waals surface area contributed by atoms with Gasteiger partial charge in [0, 0.05) is 6.07 Å². The van der Waals surface area contributed by atoms with Crippen LogP contribution in [0.25, 0.3) is 0 Å². The van der Waals surface area contributed by atoms with E-state index in [-0.39, 0.29) is 23.4 Å². The summed E-state index contributed by atoms with van der Waals surface area (Å²) in [6.07, 6.45) is 2.17. The van der Waals surface area contributed by atoms with Gasteiger partial charge in [-0.3, -0.25) is 0 Å². The first-order chi connectivity index (χ1) is 5.75. The predicted octanol–water partition coefficient (Wildman–Crippen LogP) is 2.07. The molecule has 2 rings (SSSR count). The molecule has 3 heteroatoms. The van der Waals surface area contributed by atoms with Crippen molar-refractivity contribution in [3.8, 4) is 11.5 Å². The van der Waals surface area contributed by atoms with Crippen molar-refractivity contribution in [3.05, 3.63) is 24.0 Å². The third-order valence-electron chi connectivity index (χ3n) is 1.74. The average molecular weight is 168 g/mol. The number of aromatic hydroxyl groups is 1. The lowest BCUT2D eigenvalue weighted by Gasteiger charge is -2.05. The molecular weight excluding hydrogens is 159 g/mol. The number of benzene rings is 1.